The van der Waals surface area contributed by atoms with Gasteiger partial charge in [-0.15, -0.1) is 0 Å². The molecular formula is C14H17N3O4. The Bertz CT molecular complexity index is 562. The number of hydrogen-bond acceptors (Lipinski definition) is 4. The van der Waals surface area contributed by atoms with Crippen molar-refractivity contribution in [1.82, 2.24) is 10.3 Å². The smallest absolute Gasteiger partial charge is 0.305 e. The van der Waals surface area contributed by atoms with Crippen molar-refractivity contribution in [2.75, 3.05) is 0 Å². The Kier molecular flexibility index (Phi) is 4.21. The van der Waals surface area contributed by atoms with E-state index in [9.17, 15) is 14.4 Å². The average Bonchev–Trinajstić information content (AvgIpc) is 2.86. The van der Waals surface area contributed by atoms with Gasteiger partial charge in [-0.05, 0) is 25.0 Å². The standard InChI is InChI=1S/C14H17N3O4/c15-12(20)9-3-4-10(16-8-9)13(21)17-14(7-11(18)19)5-1-2-6-14/h3-4,8H,1-2,5-7H2,(H2,15,20)(H,17,21)(H,18,19). The van der Waals surface area contributed by atoms with E-state index in [1.807, 2.05) is 0 Å². The zero-order chi connectivity index (χ0) is 15.5. The van der Waals surface area contributed by atoms with Crippen LogP contribution < -0.4 is 11.1 Å². The third kappa shape index (κ3) is 3.56. The van der Waals surface area contributed by atoms with Gasteiger partial charge in [0.2, 0.25) is 5.91 Å². The molecule has 21 heavy (non-hydrogen) atoms. The van der Waals surface area contributed by atoms with Gasteiger partial charge in [0.05, 0.1) is 17.5 Å². The summed E-state index contributed by atoms with van der Waals surface area (Å²) in [6.07, 6.45) is 4.20. The summed E-state index contributed by atoms with van der Waals surface area (Å²) < 4.78 is 0. The number of nitrogens with zero attached hydrogens (tertiary/aromatic N) is 1. The Morgan fingerprint density at radius 1 is 1.29 bits per heavy atom. The summed E-state index contributed by atoms with van der Waals surface area (Å²) in [5, 5.41) is 11.8. The Balaban J connectivity index is 2.11. The van der Waals surface area contributed by atoms with Crippen molar-refractivity contribution in [2.45, 2.75) is 37.6 Å². The van der Waals surface area contributed by atoms with E-state index in [0.717, 1.165) is 12.8 Å². The van der Waals surface area contributed by atoms with E-state index in [0.29, 0.717) is 12.8 Å². The summed E-state index contributed by atoms with van der Waals surface area (Å²) in [5.74, 6) is -1.99. The van der Waals surface area contributed by atoms with Crippen molar-refractivity contribution >= 4 is 17.8 Å². The molecule has 0 spiro atoms. The number of aliphatic carboxylic acids is 1. The van der Waals surface area contributed by atoms with Crippen LogP contribution in [0.4, 0.5) is 0 Å². The number of carbonyl (C=O) groups excluding carboxylic acids is 2. The van der Waals surface area contributed by atoms with Crippen molar-refractivity contribution in [3.63, 3.8) is 0 Å². The molecule has 1 heterocycles. The molecule has 2 rings (SSSR count). The number of pyridine rings is 1. The number of rotatable bonds is 5. The largest absolute Gasteiger partial charge is 0.481 e. The molecule has 0 radical (unpaired) electrons. The molecule has 0 aliphatic heterocycles. The van der Waals surface area contributed by atoms with Crippen LogP contribution in [0.25, 0.3) is 0 Å². The van der Waals surface area contributed by atoms with E-state index in [4.69, 9.17) is 10.8 Å². The van der Waals surface area contributed by atoms with Crippen molar-refractivity contribution in [1.29, 1.82) is 0 Å². The monoisotopic (exact) mass is 291 g/mol. The maximum absolute atomic E-state index is 12.2. The number of carboxylic acids is 1. The van der Waals surface area contributed by atoms with Crippen LogP contribution in [-0.4, -0.2) is 33.4 Å². The minimum absolute atomic E-state index is 0.0991. The number of carboxylic acid groups (broad SMARTS) is 1. The fourth-order valence-electron chi connectivity index (χ4n) is 2.67. The van der Waals surface area contributed by atoms with Gasteiger partial charge in [-0.25, -0.2) is 0 Å². The maximum Gasteiger partial charge on any atom is 0.305 e. The first kappa shape index (κ1) is 15.0. The molecule has 7 nitrogen and oxygen atoms in total. The molecule has 1 fully saturated rings. The fraction of sp³-hybridized carbons (Fsp3) is 0.429. The van der Waals surface area contributed by atoms with Gasteiger partial charge in [0.25, 0.3) is 5.91 Å². The quantitative estimate of drug-likeness (QED) is 0.737. The van der Waals surface area contributed by atoms with Gasteiger partial charge in [0, 0.05) is 6.20 Å². The summed E-state index contributed by atoms with van der Waals surface area (Å²) in [5.41, 5.74) is 4.75. The molecule has 1 aromatic heterocycles. The molecule has 0 unspecified atom stereocenters. The van der Waals surface area contributed by atoms with Crippen molar-refractivity contribution in [3.8, 4) is 0 Å². The SMILES string of the molecule is NC(=O)c1ccc(C(=O)NC2(CC(=O)O)CCCC2)nc1. The number of primary amides is 1. The van der Waals surface area contributed by atoms with Gasteiger partial charge >= 0.3 is 5.97 Å². The molecule has 1 aliphatic rings. The predicted octanol–water partition coefficient (Wildman–Crippen LogP) is 0.698. The summed E-state index contributed by atoms with van der Waals surface area (Å²) in [6.45, 7) is 0. The number of carbonyl (C=O) groups is 3. The Morgan fingerprint density at radius 3 is 2.43 bits per heavy atom. The van der Waals surface area contributed by atoms with Crippen LogP contribution in [-0.2, 0) is 4.79 Å². The minimum Gasteiger partial charge on any atom is -0.481 e. The number of nitrogens with two attached hydrogens (primary N) is 1. The number of nitrogens with one attached hydrogen (secondary N) is 1. The van der Waals surface area contributed by atoms with Crippen LogP contribution in [0.3, 0.4) is 0 Å². The van der Waals surface area contributed by atoms with E-state index in [1.54, 1.807) is 0 Å². The van der Waals surface area contributed by atoms with Crippen molar-refractivity contribution in [2.24, 2.45) is 5.73 Å². The molecule has 7 heteroatoms. The van der Waals surface area contributed by atoms with Gasteiger partial charge in [-0.2, -0.15) is 0 Å². The van der Waals surface area contributed by atoms with Crippen LogP contribution >= 0.6 is 0 Å². The number of amides is 2. The van der Waals surface area contributed by atoms with Gasteiger partial charge in [-0.1, -0.05) is 12.8 Å². The van der Waals surface area contributed by atoms with E-state index in [-0.39, 0.29) is 17.7 Å². The Hall–Kier alpha value is -2.44. The van der Waals surface area contributed by atoms with Crippen LogP contribution in [0.2, 0.25) is 0 Å². The average molecular weight is 291 g/mol. The highest BCUT2D eigenvalue weighted by Crippen LogP contribution is 2.32. The molecular weight excluding hydrogens is 274 g/mol. The summed E-state index contributed by atoms with van der Waals surface area (Å²) >= 11 is 0. The van der Waals surface area contributed by atoms with Gasteiger partial charge < -0.3 is 16.2 Å². The third-order valence-electron chi connectivity index (χ3n) is 3.71. The normalized spacial score (nSPS) is 16.4. The van der Waals surface area contributed by atoms with Gasteiger partial charge in [-0.3, -0.25) is 19.4 Å². The molecule has 0 aromatic carbocycles. The maximum atomic E-state index is 12.2. The zero-order valence-electron chi connectivity index (χ0n) is 11.5. The first-order chi connectivity index (χ1) is 9.92. The van der Waals surface area contributed by atoms with Crippen LogP contribution in [0.15, 0.2) is 18.3 Å². The highest BCUT2D eigenvalue weighted by Gasteiger charge is 2.37. The third-order valence-corrected chi connectivity index (χ3v) is 3.71. The summed E-state index contributed by atoms with van der Waals surface area (Å²) in [4.78, 5) is 38.0. The highest BCUT2D eigenvalue weighted by molar-refractivity contribution is 5.95. The number of hydrogen-bond donors (Lipinski definition) is 3. The van der Waals surface area contributed by atoms with E-state index < -0.39 is 23.3 Å². The predicted molar refractivity (Wildman–Crippen MR) is 73.7 cm³/mol. The molecule has 0 atom stereocenters. The molecule has 1 aromatic rings. The number of aromatic nitrogens is 1. The lowest BCUT2D eigenvalue weighted by Gasteiger charge is -2.28. The molecule has 0 bridgehead atoms. The van der Waals surface area contributed by atoms with Gasteiger partial charge in [0.1, 0.15) is 5.69 Å². The van der Waals surface area contributed by atoms with Crippen LogP contribution in [0.5, 0.6) is 0 Å². The van der Waals surface area contributed by atoms with Crippen molar-refractivity contribution < 1.29 is 19.5 Å². The van der Waals surface area contributed by atoms with Gasteiger partial charge in [0.15, 0.2) is 0 Å². The van der Waals surface area contributed by atoms with Crippen molar-refractivity contribution in [3.05, 3.63) is 29.6 Å². The van der Waals surface area contributed by atoms with E-state index in [1.165, 1.54) is 18.3 Å². The first-order valence-electron chi connectivity index (χ1n) is 6.72. The molecule has 1 saturated carbocycles. The topological polar surface area (TPSA) is 122 Å². The minimum atomic E-state index is -0.936. The fourth-order valence-corrected chi connectivity index (χ4v) is 2.67. The lowest BCUT2D eigenvalue weighted by atomic mass is 9.93. The van der Waals surface area contributed by atoms with E-state index >= 15 is 0 Å². The lowest BCUT2D eigenvalue weighted by molar-refractivity contribution is -0.138. The zero-order valence-corrected chi connectivity index (χ0v) is 11.5. The second-order valence-corrected chi connectivity index (χ2v) is 5.31. The first-order valence-corrected chi connectivity index (χ1v) is 6.72. The van der Waals surface area contributed by atoms with Crippen LogP contribution in [0.1, 0.15) is 53.0 Å². The molecule has 112 valence electrons. The second kappa shape index (κ2) is 5.90. The molecule has 4 N–H and O–H groups in total. The molecule has 2 amide bonds. The van der Waals surface area contributed by atoms with Crippen LogP contribution in [0, 0.1) is 0 Å². The summed E-state index contributed by atoms with van der Waals surface area (Å²) in [7, 11) is 0. The summed E-state index contributed by atoms with van der Waals surface area (Å²) in [6, 6.07) is 2.82. The molecule has 0 saturated heterocycles. The lowest BCUT2D eigenvalue weighted by Crippen LogP contribution is -2.48. The Labute approximate surface area is 121 Å². The molecule has 1 aliphatic carbocycles. The highest BCUT2D eigenvalue weighted by atomic mass is 16.4. The second-order valence-electron chi connectivity index (χ2n) is 5.31. The van der Waals surface area contributed by atoms with E-state index in [2.05, 4.69) is 10.3 Å². The Morgan fingerprint density at radius 2 is 1.95 bits per heavy atom.